The molecule has 1 atom stereocenters. The van der Waals surface area contributed by atoms with Crippen LogP contribution in [-0.4, -0.2) is 52.5 Å². The molecule has 0 aromatic carbocycles. The third-order valence-corrected chi connectivity index (χ3v) is 6.27. The molecule has 1 aliphatic heterocycles. The Morgan fingerprint density at radius 2 is 2.03 bits per heavy atom. The highest BCUT2D eigenvalue weighted by Crippen LogP contribution is 2.23. The first-order valence-electron chi connectivity index (χ1n) is 9.84. The zero-order valence-electron chi connectivity index (χ0n) is 18.0. The van der Waals surface area contributed by atoms with E-state index in [0.717, 1.165) is 24.2 Å². The van der Waals surface area contributed by atoms with E-state index >= 15 is 0 Å². The van der Waals surface area contributed by atoms with Gasteiger partial charge >= 0.3 is 0 Å². The van der Waals surface area contributed by atoms with E-state index in [-0.39, 0.29) is 29.8 Å². The van der Waals surface area contributed by atoms with E-state index in [1.807, 2.05) is 0 Å². The third kappa shape index (κ3) is 6.29. The molecule has 1 aromatic heterocycles. The predicted molar refractivity (Wildman–Crippen MR) is 123 cm³/mol. The molecule has 0 saturated carbocycles. The van der Waals surface area contributed by atoms with E-state index in [4.69, 9.17) is 11.6 Å². The number of aliphatic hydroxyl groups excluding tert-OH is 1. The maximum absolute atomic E-state index is 12.7. The van der Waals surface area contributed by atoms with E-state index in [2.05, 4.69) is 23.8 Å². The number of likely N-dealkylation sites (tertiary alicyclic amines) is 1. The lowest BCUT2D eigenvalue weighted by molar-refractivity contribution is -0.128. The lowest BCUT2D eigenvalue weighted by Crippen LogP contribution is -2.54. The number of rotatable bonds is 8. The van der Waals surface area contributed by atoms with Crippen LogP contribution >= 0.6 is 22.9 Å². The normalized spacial score (nSPS) is 16.7. The maximum atomic E-state index is 12.7. The monoisotopic (exact) mass is 465 g/mol. The largest absolute Gasteiger partial charge is 0.394 e. The number of thiophene rings is 1. The summed E-state index contributed by atoms with van der Waals surface area (Å²) in [6.45, 7) is 13.0. The first kappa shape index (κ1) is 24.8. The summed E-state index contributed by atoms with van der Waals surface area (Å²) in [5.74, 6) is -1.11. The summed E-state index contributed by atoms with van der Waals surface area (Å²) in [5, 5.41) is 14.7. The minimum absolute atomic E-state index is 0.0803. The number of hydrogen-bond donors (Lipinski definition) is 3. The van der Waals surface area contributed by atoms with Gasteiger partial charge in [-0.1, -0.05) is 24.8 Å². The molecule has 1 fully saturated rings. The van der Waals surface area contributed by atoms with Crippen molar-refractivity contribution in [3.8, 4) is 0 Å². The van der Waals surface area contributed by atoms with Gasteiger partial charge in [0, 0.05) is 17.8 Å². The number of aliphatic hydroxyl groups is 1. The molecule has 7 nitrogen and oxygen atoms in total. The molecule has 0 bridgehead atoms. The molecule has 3 N–H and O–H groups in total. The lowest BCUT2D eigenvalue weighted by atomic mass is 10.0. The molecular weight excluding hydrogens is 438 g/mol. The van der Waals surface area contributed by atoms with Crippen LogP contribution < -0.4 is 10.6 Å². The number of carbonyl (C=O) groups excluding carboxylic acids is 3. The van der Waals surface area contributed by atoms with Crippen molar-refractivity contribution >= 4 is 40.7 Å². The van der Waals surface area contributed by atoms with Crippen molar-refractivity contribution in [3.05, 3.63) is 57.4 Å². The van der Waals surface area contributed by atoms with Crippen LogP contribution in [0.4, 0.5) is 0 Å². The summed E-state index contributed by atoms with van der Waals surface area (Å²) in [6.07, 6.45) is 3.16. The van der Waals surface area contributed by atoms with Gasteiger partial charge in [-0.25, -0.2) is 0 Å². The van der Waals surface area contributed by atoms with Gasteiger partial charge in [0.15, 0.2) is 0 Å². The maximum Gasteiger partial charge on any atom is 0.262 e. The van der Waals surface area contributed by atoms with Gasteiger partial charge in [0.2, 0.25) is 5.91 Å². The second-order valence-electron chi connectivity index (χ2n) is 7.95. The quantitative estimate of drug-likeness (QED) is 0.406. The van der Waals surface area contributed by atoms with Crippen LogP contribution in [0.15, 0.2) is 48.2 Å². The number of nitrogens with one attached hydrogen (secondary N) is 2. The highest BCUT2D eigenvalue weighted by Gasteiger charge is 2.31. The molecular formula is C22H28ClN3O4S. The molecule has 0 radical (unpaired) electrons. The van der Waals surface area contributed by atoms with Crippen LogP contribution in [0.5, 0.6) is 0 Å². The van der Waals surface area contributed by atoms with Crippen molar-refractivity contribution in [2.75, 3.05) is 13.2 Å². The number of carbonyl (C=O) groups is 3. The Morgan fingerprint density at radius 1 is 1.35 bits per heavy atom. The van der Waals surface area contributed by atoms with Crippen molar-refractivity contribution in [1.29, 1.82) is 0 Å². The molecule has 1 saturated heterocycles. The van der Waals surface area contributed by atoms with Gasteiger partial charge < -0.3 is 20.6 Å². The van der Waals surface area contributed by atoms with Gasteiger partial charge in [-0.3, -0.25) is 14.4 Å². The fourth-order valence-electron chi connectivity index (χ4n) is 3.16. The Morgan fingerprint density at radius 3 is 2.61 bits per heavy atom. The highest BCUT2D eigenvalue weighted by molar-refractivity contribution is 7.18. The standard InChI is InChI=1S/C22H28ClN3O4S/c1-13(15(3)20(29)26-10-6-7-16(26)12-27)11-14(2)24-21(30)22(4,5)25-19(28)17-8-9-18(23)31-17/h8-9,11,16,27H,2-3,6-7,10,12H2,1,4-5H3,(H,24,30)(H,25,28)/b13-11-/t16-/m1/s1. The minimum Gasteiger partial charge on any atom is -0.394 e. The Kier molecular flexibility index (Phi) is 8.22. The zero-order chi connectivity index (χ0) is 23.3. The SMILES string of the molecule is C=C(/C=C(/C)C(=C)C(=O)N1CCC[C@@H]1CO)NC(=O)C(C)(C)NC(=O)c1ccc(Cl)s1. The van der Waals surface area contributed by atoms with Gasteiger partial charge in [0.05, 0.1) is 21.9 Å². The summed E-state index contributed by atoms with van der Waals surface area (Å²) < 4.78 is 0.482. The van der Waals surface area contributed by atoms with E-state index in [9.17, 15) is 19.5 Å². The van der Waals surface area contributed by atoms with E-state index in [1.165, 1.54) is 0 Å². The number of allylic oxidation sites excluding steroid dienone is 1. The second kappa shape index (κ2) is 10.3. The van der Waals surface area contributed by atoms with Crippen LogP contribution in [0.1, 0.15) is 43.3 Å². The van der Waals surface area contributed by atoms with Gasteiger partial charge in [-0.2, -0.15) is 0 Å². The topological polar surface area (TPSA) is 98.7 Å². The summed E-state index contributed by atoms with van der Waals surface area (Å²) in [5.41, 5.74) is -0.125. The molecule has 0 spiro atoms. The molecule has 2 heterocycles. The zero-order valence-corrected chi connectivity index (χ0v) is 19.5. The summed E-state index contributed by atoms with van der Waals surface area (Å²) in [4.78, 5) is 39.7. The number of nitrogens with zero attached hydrogens (tertiary/aromatic N) is 1. The Balaban J connectivity index is 1.98. The first-order chi connectivity index (χ1) is 14.5. The van der Waals surface area contributed by atoms with Gasteiger partial charge in [0.25, 0.3) is 11.8 Å². The van der Waals surface area contributed by atoms with Crippen molar-refractivity contribution in [2.24, 2.45) is 0 Å². The molecule has 9 heteroatoms. The second-order valence-corrected chi connectivity index (χ2v) is 9.66. The van der Waals surface area contributed by atoms with Crippen LogP contribution in [0.3, 0.4) is 0 Å². The first-order valence-corrected chi connectivity index (χ1v) is 11.0. The number of halogens is 1. The van der Waals surface area contributed by atoms with Crippen molar-refractivity contribution in [1.82, 2.24) is 15.5 Å². The number of hydrogen-bond acceptors (Lipinski definition) is 5. The Labute approximate surface area is 191 Å². The van der Waals surface area contributed by atoms with Gasteiger partial charge in [-0.05, 0) is 57.4 Å². The Bertz CT molecular complexity index is 935. The number of amides is 3. The fraction of sp³-hybridized carbons (Fsp3) is 0.409. The highest BCUT2D eigenvalue weighted by atomic mass is 35.5. The smallest absolute Gasteiger partial charge is 0.262 e. The molecule has 3 amide bonds. The summed E-state index contributed by atoms with van der Waals surface area (Å²) in [6, 6.07) is 3.01. The van der Waals surface area contributed by atoms with Crippen LogP contribution in [0, 0.1) is 0 Å². The van der Waals surface area contributed by atoms with Crippen molar-refractivity contribution < 1.29 is 19.5 Å². The van der Waals surface area contributed by atoms with Crippen LogP contribution in [0.25, 0.3) is 0 Å². The van der Waals surface area contributed by atoms with Crippen molar-refractivity contribution in [2.45, 2.75) is 45.2 Å². The molecule has 0 aliphatic carbocycles. The third-order valence-electron chi connectivity index (χ3n) is 5.04. The van der Waals surface area contributed by atoms with Crippen LogP contribution in [-0.2, 0) is 9.59 Å². The van der Waals surface area contributed by atoms with Crippen molar-refractivity contribution in [3.63, 3.8) is 0 Å². The average molecular weight is 466 g/mol. The predicted octanol–water partition coefficient (Wildman–Crippen LogP) is 3.03. The molecule has 0 unspecified atom stereocenters. The minimum atomic E-state index is -1.21. The molecule has 31 heavy (non-hydrogen) atoms. The van der Waals surface area contributed by atoms with E-state index in [0.29, 0.717) is 21.3 Å². The van der Waals surface area contributed by atoms with Gasteiger partial charge in [0.1, 0.15) is 5.54 Å². The molecule has 1 aromatic rings. The Hall–Kier alpha value is -2.42. The van der Waals surface area contributed by atoms with E-state index < -0.39 is 17.4 Å². The molecule has 168 valence electrons. The fourth-order valence-corrected chi connectivity index (χ4v) is 4.10. The summed E-state index contributed by atoms with van der Waals surface area (Å²) in [7, 11) is 0. The van der Waals surface area contributed by atoms with Crippen LogP contribution in [0.2, 0.25) is 4.34 Å². The van der Waals surface area contributed by atoms with Gasteiger partial charge in [-0.15, -0.1) is 11.3 Å². The lowest BCUT2D eigenvalue weighted by Gasteiger charge is -2.25. The average Bonchev–Trinajstić information content (AvgIpc) is 3.34. The molecule has 1 aliphatic rings. The van der Waals surface area contributed by atoms with E-state index in [1.54, 1.807) is 43.9 Å². The summed E-state index contributed by atoms with van der Waals surface area (Å²) >= 11 is 6.98. The molecule has 2 rings (SSSR count).